The maximum Gasteiger partial charge on any atom is 0.341 e. The highest BCUT2D eigenvalue weighted by Gasteiger charge is 2.26. The van der Waals surface area contributed by atoms with Gasteiger partial charge in [-0.05, 0) is 54.8 Å². The van der Waals surface area contributed by atoms with Gasteiger partial charge in [-0.25, -0.2) is 14.8 Å². The highest BCUT2D eigenvalue weighted by Crippen LogP contribution is 2.37. The number of carboxylic acids is 1. The second-order valence-electron chi connectivity index (χ2n) is 7.85. The summed E-state index contributed by atoms with van der Waals surface area (Å²) in [7, 11) is 0. The third-order valence-electron chi connectivity index (χ3n) is 5.45. The lowest BCUT2D eigenvalue weighted by Gasteiger charge is -2.13. The lowest BCUT2D eigenvalue weighted by Crippen LogP contribution is -2.18. The van der Waals surface area contributed by atoms with Crippen molar-refractivity contribution in [1.29, 1.82) is 0 Å². The van der Waals surface area contributed by atoms with Crippen LogP contribution in [0.2, 0.25) is 5.02 Å². The van der Waals surface area contributed by atoms with Crippen LogP contribution in [-0.4, -0.2) is 25.6 Å². The van der Waals surface area contributed by atoms with Gasteiger partial charge in [0.2, 0.25) is 11.4 Å². The van der Waals surface area contributed by atoms with Crippen LogP contribution < -0.4 is 10.7 Å². The van der Waals surface area contributed by atoms with Crippen molar-refractivity contribution in [1.82, 2.24) is 14.5 Å². The number of benzene rings is 2. The van der Waals surface area contributed by atoms with Crippen LogP contribution in [0.25, 0.3) is 10.9 Å². The Hall–Kier alpha value is -3.71. The van der Waals surface area contributed by atoms with E-state index in [2.05, 4.69) is 15.3 Å². The summed E-state index contributed by atoms with van der Waals surface area (Å²) in [6.07, 6.45) is 5.69. The third kappa shape index (κ3) is 4.07. The molecule has 2 heterocycles. The monoisotopic (exact) mass is 446 g/mol. The molecule has 160 valence electrons. The highest BCUT2D eigenvalue weighted by molar-refractivity contribution is 6.30. The van der Waals surface area contributed by atoms with Crippen LogP contribution in [0.5, 0.6) is 0 Å². The zero-order chi connectivity index (χ0) is 22.2. The number of carbonyl (C=O) groups is 1. The van der Waals surface area contributed by atoms with Gasteiger partial charge in [0.1, 0.15) is 5.56 Å². The molecule has 1 aliphatic rings. The molecule has 8 heteroatoms. The predicted molar refractivity (Wildman–Crippen MR) is 123 cm³/mol. The molecule has 0 spiro atoms. The van der Waals surface area contributed by atoms with Gasteiger partial charge in [0.25, 0.3) is 0 Å². The normalized spacial score (nSPS) is 13.3. The number of pyridine rings is 1. The quantitative estimate of drug-likeness (QED) is 0.441. The van der Waals surface area contributed by atoms with Crippen molar-refractivity contribution in [2.75, 3.05) is 5.32 Å². The van der Waals surface area contributed by atoms with E-state index >= 15 is 0 Å². The molecule has 0 radical (unpaired) electrons. The molecule has 2 aromatic carbocycles. The fraction of sp³-hybridized carbons (Fsp3) is 0.167. The Labute approximate surface area is 188 Å². The van der Waals surface area contributed by atoms with Crippen LogP contribution in [0.4, 0.5) is 11.6 Å². The Morgan fingerprint density at radius 1 is 1.19 bits per heavy atom. The van der Waals surface area contributed by atoms with Gasteiger partial charge in [0, 0.05) is 41.0 Å². The minimum absolute atomic E-state index is 0.206. The average Bonchev–Trinajstić information content (AvgIpc) is 3.59. The highest BCUT2D eigenvalue weighted by atomic mass is 35.5. The minimum Gasteiger partial charge on any atom is -0.477 e. The molecule has 5 rings (SSSR count). The molecule has 32 heavy (non-hydrogen) atoms. The second kappa shape index (κ2) is 8.09. The van der Waals surface area contributed by atoms with E-state index < -0.39 is 11.4 Å². The largest absolute Gasteiger partial charge is 0.477 e. The molecule has 0 aliphatic heterocycles. The number of hydrogen-bond acceptors (Lipinski definition) is 5. The van der Waals surface area contributed by atoms with E-state index in [1.165, 1.54) is 6.20 Å². The summed E-state index contributed by atoms with van der Waals surface area (Å²) < 4.78 is 1.89. The van der Waals surface area contributed by atoms with Gasteiger partial charge < -0.3 is 15.0 Å². The maximum atomic E-state index is 12.6. The van der Waals surface area contributed by atoms with Crippen LogP contribution >= 0.6 is 11.6 Å². The fourth-order valence-electron chi connectivity index (χ4n) is 3.77. The Morgan fingerprint density at radius 2 is 2.03 bits per heavy atom. The van der Waals surface area contributed by atoms with Crippen molar-refractivity contribution in [2.24, 2.45) is 0 Å². The molecular weight excluding hydrogens is 428 g/mol. The van der Waals surface area contributed by atoms with E-state index in [0.717, 1.165) is 24.1 Å². The Morgan fingerprint density at radius 3 is 2.78 bits per heavy atom. The van der Waals surface area contributed by atoms with E-state index in [1.807, 2.05) is 41.0 Å². The first-order valence-corrected chi connectivity index (χ1v) is 10.6. The number of carboxylic acid groups (broad SMARTS) is 1. The third-order valence-corrected chi connectivity index (χ3v) is 5.68. The van der Waals surface area contributed by atoms with E-state index in [-0.39, 0.29) is 11.6 Å². The molecule has 0 unspecified atom stereocenters. The molecule has 1 aliphatic carbocycles. The Bertz CT molecular complexity index is 1410. The number of fused-ring (bicyclic) bond motifs is 1. The number of nitrogens with zero attached hydrogens (tertiary/aromatic N) is 3. The van der Waals surface area contributed by atoms with Gasteiger partial charge in [0.15, 0.2) is 0 Å². The number of nitrogens with one attached hydrogen (secondary N) is 1. The van der Waals surface area contributed by atoms with Crippen LogP contribution in [-0.2, 0) is 6.42 Å². The Kier molecular flexibility index (Phi) is 5.11. The van der Waals surface area contributed by atoms with Crippen LogP contribution in [0.3, 0.4) is 0 Å². The lowest BCUT2D eigenvalue weighted by atomic mass is 10.1. The van der Waals surface area contributed by atoms with Crippen molar-refractivity contribution >= 4 is 40.1 Å². The van der Waals surface area contributed by atoms with Gasteiger partial charge in [-0.15, -0.1) is 0 Å². The van der Waals surface area contributed by atoms with Gasteiger partial charge >= 0.3 is 5.97 Å². The molecule has 0 bridgehead atoms. The summed E-state index contributed by atoms with van der Waals surface area (Å²) in [6.45, 7) is 0. The molecule has 0 saturated heterocycles. The van der Waals surface area contributed by atoms with Gasteiger partial charge in [0.05, 0.1) is 11.2 Å². The first-order chi connectivity index (χ1) is 15.5. The number of rotatable bonds is 6. The first kappa shape index (κ1) is 20.2. The summed E-state index contributed by atoms with van der Waals surface area (Å²) in [6, 6.07) is 14.9. The SMILES string of the molecule is O=C(O)c1cn(C2CC2)c2cc(Nc3nccc(Cc4cccc(Cl)c4)n3)ccc2c1=O. The van der Waals surface area contributed by atoms with Crippen molar-refractivity contribution in [3.63, 3.8) is 0 Å². The zero-order valence-corrected chi connectivity index (χ0v) is 17.7. The van der Waals surface area contributed by atoms with Gasteiger partial charge in [-0.2, -0.15) is 0 Å². The molecule has 0 amide bonds. The minimum atomic E-state index is -1.21. The molecule has 7 nitrogen and oxygen atoms in total. The molecule has 0 atom stereocenters. The standard InChI is InChI=1S/C24H19ClN4O3/c25-15-3-1-2-14(10-15)11-17-8-9-26-24(28-17)27-16-4-7-19-21(12-16)29(18-5-6-18)13-20(22(19)30)23(31)32/h1-4,7-10,12-13,18H,5-6,11H2,(H,31,32)(H,26,27,28). The smallest absolute Gasteiger partial charge is 0.341 e. The summed E-state index contributed by atoms with van der Waals surface area (Å²) in [4.78, 5) is 33.0. The average molecular weight is 447 g/mol. The number of hydrogen-bond donors (Lipinski definition) is 2. The van der Waals surface area contributed by atoms with Crippen LogP contribution in [0.1, 0.15) is 40.5 Å². The second-order valence-corrected chi connectivity index (χ2v) is 8.29. The first-order valence-electron chi connectivity index (χ1n) is 10.2. The van der Waals surface area contributed by atoms with E-state index in [1.54, 1.807) is 18.3 Å². The molecule has 2 aromatic heterocycles. The summed E-state index contributed by atoms with van der Waals surface area (Å²) in [5.74, 6) is -0.773. The number of anilines is 2. The molecule has 2 N–H and O–H groups in total. The predicted octanol–water partition coefficient (Wildman–Crippen LogP) is 4.81. The summed E-state index contributed by atoms with van der Waals surface area (Å²) in [5.41, 5.74) is 2.62. The number of aromatic carboxylic acids is 1. The molecule has 1 fully saturated rings. The van der Waals surface area contributed by atoms with Crippen LogP contribution in [0.15, 0.2) is 65.7 Å². The molecular formula is C24H19ClN4O3. The van der Waals surface area contributed by atoms with Crippen molar-refractivity contribution in [2.45, 2.75) is 25.3 Å². The summed E-state index contributed by atoms with van der Waals surface area (Å²) >= 11 is 6.07. The summed E-state index contributed by atoms with van der Waals surface area (Å²) in [5, 5.41) is 13.7. The van der Waals surface area contributed by atoms with Crippen molar-refractivity contribution in [3.8, 4) is 0 Å². The van der Waals surface area contributed by atoms with Crippen molar-refractivity contribution in [3.05, 3.63) is 93.0 Å². The van der Waals surface area contributed by atoms with Crippen molar-refractivity contribution < 1.29 is 9.90 Å². The maximum absolute atomic E-state index is 12.6. The van der Waals surface area contributed by atoms with E-state index in [4.69, 9.17) is 11.6 Å². The number of halogens is 1. The van der Waals surface area contributed by atoms with Gasteiger partial charge in [-0.3, -0.25) is 4.79 Å². The van der Waals surface area contributed by atoms with Gasteiger partial charge in [-0.1, -0.05) is 23.7 Å². The van der Waals surface area contributed by atoms with E-state index in [0.29, 0.717) is 34.0 Å². The molecule has 4 aromatic rings. The molecule has 1 saturated carbocycles. The Balaban J connectivity index is 1.47. The fourth-order valence-corrected chi connectivity index (χ4v) is 3.99. The van der Waals surface area contributed by atoms with Crippen LogP contribution in [0, 0.1) is 0 Å². The topological polar surface area (TPSA) is 97.1 Å². The van der Waals surface area contributed by atoms with E-state index in [9.17, 15) is 14.7 Å². The number of aromatic nitrogens is 3. The zero-order valence-electron chi connectivity index (χ0n) is 17.0. The lowest BCUT2D eigenvalue weighted by molar-refractivity contribution is 0.0695.